The molecule has 22 heavy (non-hydrogen) atoms. The Bertz CT molecular complexity index is 343. The van der Waals surface area contributed by atoms with Crippen LogP contribution in [-0.2, 0) is 4.79 Å². The van der Waals surface area contributed by atoms with Crippen LogP contribution in [-0.4, -0.2) is 5.78 Å². The summed E-state index contributed by atoms with van der Waals surface area (Å²) in [5.41, 5.74) is -0.0700. The van der Waals surface area contributed by atoms with Crippen LogP contribution in [0.25, 0.3) is 0 Å². The molecular weight excluding hydrogens is 268 g/mol. The first-order chi connectivity index (χ1) is 9.62. The molecule has 0 heterocycles. The van der Waals surface area contributed by atoms with Gasteiger partial charge in [-0.05, 0) is 41.4 Å². The summed E-state index contributed by atoms with van der Waals surface area (Å²) < 4.78 is 0. The minimum atomic E-state index is -0.246. The topological polar surface area (TPSA) is 17.1 Å². The molecule has 0 spiro atoms. The molecule has 0 saturated heterocycles. The second-order valence-electron chi connectivity index (χ2n) is 10.4. The van der Waals surface area contributed by atoms with E-state index in [4.69, 9.17) is 0 Å². The van der Waals surface area contributed by atoms with Crippen molar-refractivity contribution in [3.8, 4) is 0 Å². The SMILES string of the molecule is CC(C)C(CCC(=O)C(C)(CC(C)(C)C)C(C)(C)C)C(C)C. The quantitative estimate of drug-likeness (QED) is 0.508. The molecular formula is C21H42O. The number of rotatable bonds is 7. The second kappa shape index (κ2) is 7.49. The van der Waals surface area contributed by atoms with Gasteiger partial charge in [0, 0.05) is 11.8 Å². The van der Waals surface area contributed by atoms with Crippen molar-refractivity contribution in [2.24, 2.45) is 34.0 Å². The zero-order valence-electron chi connectivity index (χ0n) is 17.3. The Morgan fingerprint density at radius 3 is 1.50 bits per heavy atom. The lowest BCUT2D eigenvalue weighted by molar-refractivity contribution is -0.137. The van der Waals surface area contributed by atoms with Gasteiger partial charge in [-0.25, -0.2) is 0 Å². The van der Waals surface area contributed by atoms with Gasteiger partial charge >= 0.3 is 0 Å². The van der Waals surface area contributed by atoms with Crippen molar-refractivity contribution in [3.63, 3.8) is 0 Å². The molecule has 0 saturated carbocycles. The monoisotopic (exact) mass is 310 g/mol. The summed E-state index contributed by atoms with van der Waals surface area (Å²) in [6.45, 7) is 24.7. The molecule has 0 aliphatic carbocycles. The zero-order chi connectivity index (χ0) is 17.9. The van der Waals surface area contributed by atoms with E-state index in [2.05, 4.69) is 76.2 Å². The largest absolute Gasteiger partial charge is 0.299 e. The molecule has 132 valence electrons. The fourth-order valence-corrected chi connectivity index (χ4v) is 3.85. The maximum absolute atomic E-state index is 13.1. The van der Waals surface area contributed by atoms with E-state index in [1.165, 1.54) is 0 Å². The van der Waals surface area contributed by atoms with E-state index in [9.17, 15) is 4.79 Å². The summed E-state index contributed by atoms with van der Waals surface area (Å²) >= 11 is 0. The highest BCUT2D eigenvalue weighted by atomic mass is 16.1. The van der Waals surface area contributed by atoms with Gasteiger partial charge in [0.25, 0.3) is 0 Å². The Morgan fingerprint density at radius 2 is 1.23 bits per heavy atom. The van der Waals surface area contributed by atoms with Gasteiger partial charge in [0.1, 0.15) is 5.78 Å². The van der Waals surface area contributed by atoms with Gasteiger partial charge in [0.2, 0.25) is 0 Å². The highest BCUT2D eigenvalue weighted by molar-refractivity contribution is 5.85. The molecule has 0 radical (unpaired) electrons. The van der Waals surface area contributed by atoms with Crippen molar-refractivity contribution in [2.75, 3.05) is 0 Å². The summed E-state index contributed by atoms with van der Waals surface area (Å²) in [7, 11) is 0. The third kappa shape index (κ3) is 6.05. The van der Waals surface area contributed by atoms with Crippen LogP contribution in [0.5, 0.6) is 0 Å². The average molecular weight is 311 g/mol. The third-order valence-electron chi connectivity index (χ3n) is 5.57. The minimum absolute atomic E-state index is 0.00250. The van der Waals surface area contributed by atoms with Gasteiger partial charge in [-0.2, -0.15) is 0 Å². The van der Waals surface area contributed by atoms with Gasteiger partial charge in [-0.1, -0.05) is 76.2 Å². The van der Waals surface area contributed by atoms with Crippen molar-refractivity contribution in [2.45, 2.75) is 95.4 Å². The lowest BCUT2D eigenvalue weighted by Crippen LogP contribution is -2.43. The Hall–Kier alpha value is -0.330. The molecule has 0 aliphatic rings. The number of carbonyl (C=O) groups is 1. The van der Waals surface area contributed by atoms with E-state index in [1.54, 1.807) is 0 Å². The Balaban J connectivity index is 5.16. The molecule has 0 amide bonds. The standard InChI is InChI=1S/C21H42O/c1-15(2)17(16(3)4)12-13-18(22)21(11,20(8,9)10)14-19(5,6)7/h15-17H,12-14H2,1-11H3. The number of Topliss-reactive ketones (excluding diaryl/α,β-unsaturated/α-hetero) is 1. The van der Waals surface area contributed by atoms with E-state index in [0.29, 0.717) is 23.5 Å². The van der Waals surface area contributed by atoms with Crippen LogP contribution in [0.2, 0.25) is 0 Å². The smallest absolute Gasteiger partial charge is 0.139 e. The van der Waals surface area contributed by atoms with Crippen LogP contribution in [0.1, 0.15) is 95.4 Å². The molecule has 0 rings (SSSR count). The summed E-state index contributed by atoms with van der Waals surface area (Å²) in [4.78, 5) is 13.1. The normalized spacial score (nSPS) is 16.5. The Kier molecular flexibility index (Phi) is 7.38. The average Bonchev–Trinajstić information content (AvgIpc) is 2.23. The maximum Gasteiger partial charge on any atom is 0.139 e. The van der Waals surface area contributed by atoms with Gasteiger partial charge in [-0.3, -0.25) is 4.79 Å². The molecule has 0 aromatic heterocycles. The Labute approximate surface area is 140 Å². The maximum atomic E-state index is 13.1. The van der Waals surface area contributed by atoms with E-state index in [0.717, 1.165) is 19.3 Å². The predicted octanol–water partition coefficient (Wildman–Crippen LogP) is 6.75. The van der Waals surface area contributed by atoms with E-state index in [1.807, 2.05) is 0 Å². The minimum Gasteiger partial charge on any atom is -0.299 e. The number of ketones is 1. The number of hydrogen-bond donors (Lipinski definition) is 0. The van der Waals surface area contributed by atoms with Crippen LogP contribution in [0.15, 0.2) is 0 Å². The van der Waals surface area contributed by atoms with E-state index >= 15 is 0 Å². The summed E-state index contributed by atoms with van der Waals surface area (Å²) in [6, 6.07) is 0. The van der Waals surface area contributed by atoms with Crippen LogP contribution < -0.4 is 0 Å². The van der Waals surface area contributed by atoms with Crippen LogP contribution in [0.4, 0.5) is 0 Å². The summed E-state index contributed by atoms with van der Waals surface area (Å²) in [5.74, 6) is 2.40. The van der Waals surface area contributed by atoms with Crippen LogP contribution >= 0.6 is 0 Å². The molecule has 0 aromatic carbocycles. The van der Waals surface area contributed by atoms with Gasteiger partial charge in [-0.15, -0.1) is 0 Å². The molecule has 0 fully saturated rings. The highest BCUT2D eigenvalue weighted by Gasteiger charge is 2.45. The highest BCUT2D eigenvalue weighted by Crippen LogP contribution is 2.48. The molecule has 0 bridgehead atoms. The summed E-state index contributed by atoms with van der Waals surface area (Å²) in [6.07, 6.45) is 2.71. The first-order valence-electron chi connectivity index (χ1n) is 9.15. The second-order valence-corrected chi connectivity index (χ2v) is 10.4. The first kappa shape index (κ1) is 21.7. The van der Waals surface area contributed by atoms with Crippen molar-refractivity contribution >= 4 is 5.78 Å². The van der Waals surface area contributed by atoms with Crippen LogP contribution in [0, 0.1) is 34.0 Å². The number of carbonyl (C=O) groups excluding carboxylic acids is 1. The van der Waals surface area contributed by atoms with Gasteiger partial charge < -0.3 is 0 Å². The van der Waals surface area contributed by atoms with Crippen molar-refractivity contribution in [1.29, 1.82) is 0 Å². The zero-order valence-corrected chi connectivity index (χ0v) is 17.3. The van der Waals surface area contributed by atoms with E-state index in [-0.39, 0.29) is 16.2 Å². The fourth-order valence-electron chi connectivity index (χ4n) is 3.85. The number of hydrogen-bond acceptors (Lipinski definition) is 1. The van der Waals surface area contributed by atoms with Gasteiger partial charge in [0.05, 0.1) is 0 Å². The predicted molar refractivity (Wildman–Crippen MR) is 99.0 cm³/mol. The molecule has 1 atom stereocenters. The van der Waals surface area contributed by atoms with E-state index < -0.39 is 0 Å². The Morgan fingerprint density at radius 1 is 0.818 bits per heavy atom. The van der Waals surface area contributed by atoms with Crippen molar-refractivity contribution < 1.29 is 4.79 Å². The molecule has 1 nitrogen and oxygen atoms in total. The molecule has 0 aliphatic heterocycles. The molecule has 1 heteroatoms. The molecule has 1 unspecified atom stereocenters. The van der Waals surface area contributed by atoms with Gasteiger partial charge in [0.15, 0.2) is 0 Å². The van der Waals surface area contributed by atoms with Crippen LogP contribution in [0.3, 0.4) is 0 Å². The lowest BCUT2D eigenvalue weighted by atomic mass is 9.58. The molecule has 0 N–H and O–H groups in total. The fraction of sp³-hybridized carbons (Fsp3) is 0.952. The first-order valence-corrected chi connectivity index (χ1v) is 9.15. The third-order valence-corrected chi connectivity index (χ3v) is 5.57. The van der Waals surface area contributed by atoms with Crippen molar-refractivity contribution in [1.82, 2.24) is 0 Å². The van der Waals surface area contributed by atoms with Crippen molar-refractivity contribution in [3.05, 3.63) is 0 Å². The molecule has 0 aromatic rings. The lowest BCUT2D eigenvalue weighted by Gasteiger charge is -2.45. The summed E-state index contributed by atoms with van der Waals surface area (Å²) in [5, 5.41) is 0.